The Morgan fingerprint density at radius 1 is 0.780 bits per heavy atom. The van der Waals surface area contributed by atoms with Crippen molar-refractivity contribution >= 4 is 40.6 Å². The molecular weight excluding hydrogens is 532 g/mol. The zero-order valence-corrected chi connectivity index (χ0v) is 23.9. The molecular formula is C33H34N4O3S. The number of amides is 2. The Morgan fingerprint density at radius 3 is 2.12 bits per heavy atom. The number of benzene rings is 4. The first-order chi connectivity index (χ1) is 20.1. The van der Waals surface area contributed by atoms with Crippen molar-refractivity contribution in [2.24, 2.45) is 0 Å². The number of anilines is 3. The zero-order chi connectivity index (χ0) is 28.4. The smallest absolute Gasteiger partial charge is 0.253 e. The SMILES string of the molecule is COc1ccccc1N1CCN(c2ccc(NC(=O)CSc3ccccc3)cc2C(=O)NCc2ccccc2)CC1. The number of methoxy groups -OCH3 is 1. The Bertz CT molecular complexity index is 1460. The average Bonchev–Trinajstić information content (AvgIpc) is 3.03. The van der Waals surface area contributed by atoms with Crippen molar-refractivity contribution < 1.29 is 14.3 Å². The fourth-order valence-electron chi connectivity index (χ4n) is 4.89. The highest BCUT2D eigenvalue weighted by Gasteiger charge is 2.24. The second kappa shape index (κ2) is 13.8. The first-order valence-electron chi connectivity index (χ1n) is 13.7. The van der Waals surface area contributed by atoms with Crippen LogP contribution < -0.4 is 25.2 Å². The van der Waals surface area contributed by atoms with Gasteiger partial charge in [0.15, 0.2) is 0 Å². The van der Waals surface area contributed by atoms with E-state index in [9.17, 15) is 9.59 Å². The number of piperazine rings is 1. The van der Waals surface area contributed by atoms with Crippen LogP contribution in [-0.4, -0.2) is 50.9 Å². The standard InChI is InChI=1S/C33H34N4O3S/c1-40-31-15-9-8-14-30(31)37-20-18-36(19-21-37)29-17-16-26(35-32(38)24-41-27-12-6-3-7-13-27)22-28(29)33(39)34-23-25-10-4-2-5-11-25/h2-17,22H,18-21,23-24H2,1H3,(H,34,39)(H,35,38). The molecule has 1 aliphatic rings. The summed E-state index contributed by atoms with van der Waals surface area (Å²) in [5, 5.41) is 6.03. The maximum absolute atomic E-state index is 13.5. The molecule has 0 radical (unpaired) electrons. The molecule has 1 saturated heterocycles. The summed E-state index contributed by atoms with van der Waals surface area (Å²) in [6.45, 7) is 3.50. The lowest BCUT2D eigenvalue weighted by Gasteiger charge is -2.38. The highest BCUT2D eigenvalue weighted by Crippen LogP contribution is 2.31. The minimum Gasteiger partial charge on any atom is -0.495 e. The lowest BCUT2D eigenvalue weighted by molar-refractivity contribution is -0.113. The maximum Gasteiger partial charge on any atom is 0.253 e. The first-order valence-corrected chi connectivity index (χ1v) is 14.7. The van der Waals surface area contributed by atoms with Crippen molar-refractivity contribution in [2.75, 3.05) is 54.2 Å². The summed E-state index contributed by atoms with van der Waals surface area (Å²) in [6, 6.07) is 33.3. The number of rotatable bonds is 10. The van der Waals surface area contributed by atoms with Crippen LogP contribution >= 0.6 is 11.8 Å². The Balaban J connectivity index is 1.31. The van der Waals surface area contributed by atoms with E-state index in [0.29, 0.717) is 17.8 Å². The molecule has 41 heavy (non-hydrogen) atoms. The van der Waals surface area contributed by atoms with Crippen molar-refractivity contribution in [1.82, 2.24) is 5.32 Å². The van der Waals surface area contributed by atoms with E-state index in [-0.39, 0.29) is 17.6 Å². The quantitative estimate of drug-likeness (QED) is 0.241. The van der Waals surface area contributed by atoms with Gasteiger partial charge in [-0.15, -0.1) is 11.8 Å². The molecule has 0 aromatic heterocycles. The molecule has 2 N–H and O–H groups in total. The van der Waals surface area contributed by atoms with Gasteiger partial charge in [-0.3, -0.25) is 9.59 Å². The minimum atomic E-state index is -0.175. The predicted molar refractivity (Wildman–Crippen MR) is 167 cm³/mol. The number of carbonyl (C=O) groups is 2. The summed E-state index contributed by atoms with van der Waals surface area (Å²) in [5.41, 5.74) is 4.09. The van der Waals surface area contributed by atoms with E-state index in [1.807, 2.05) is 91.0 Å². The van der Waals surface area contributed by atoms with Crippen LogP contribution in [0.15, 0.2) is 108 Å². The van der Waals surface area contributed by atoms with Crippen LogP contribution in [0.5, 0.6) is 5.75 Å². The van der Waals surface area contributed by atoms with E-state index in [1.54, 1.807) is 13.2 Å². The number of nitrogens with zero attached hydrogens (tertiary/aromatic N) is 2. The topological polar surface area (TPSA) is 73.9 Å². The molecule has 1 fully saturated rings. The van der Waals surface area contributed by atoms with Crippen LogP contribution in [-0.2, 0) is 11.3 Å². The number of carbonyl (C=O) groups excluding carboxylic acids is 2. The third-order valence-electron chi connectivity index (χ3n) is 6.98. The minimum absolute atomic E-state index is 0.118. The predicted octanol–water partition coefficient (Wildman–Crippen LogP) is 5.68. The van der Waals surface area contributed by atoms with Crippen molar-refractivity contribution in [3.8, 4) is 5.75 Å². The van der Waals surface area contributed by atoms with Gasteiger partial charge in [-0.25, -0.2) is 0 Å². The molecule has 0 unspecified atom stereocenters. The van der Waals surface area contributed by atoms with Crippen LogP contribution in [0.4, 0.5) is 17.1 Å². The van der Waals surface area contributed by atoms with E-state index in [1.165, 1.54) is 11.8 Å². The molecule has 0 spiro atoms. The number of hydrogen-bond donors (Lipinski definition) is 2. The van der Waals surface area contributed by atoms with Gasteiger partial charge in [0.2, 0.25) is 5.91 Å². The van der Waals surface area contributed by atoms with Gasteiger partial charge in [0.05, 0.1) is 24.1 Å². The second-order valence-corrected chi connectivity index (χ2v) is 10.7. The average molecular weight is 567 g/mol. The lowest BCUT2D eigenvalue weighted by atomic mass is 10.1. The molecule has 4 aromatic rings. The van der Waals surface area contributed by atoms with Gasteiger partial charge in [-0.05, 0) is 48.0 Å². The molecule has 4 aromatic carbocycles. The molecule has 1 heterocycles. The molecule has 2 amide bonds. The van der Waals surface area contributed by atoms with Gasteiger partial charge in [-0.1, -0.05) is 60.7 Å². The van der Waals surface area contributed by atoms with Crippen LogP contribution in [0, 0.1) is 0 Å². The largest absolute Gasteiger partial charge is 0.495 e. The summed E-state index contributed by atoms with van der Waals surface area (Å²) >= 11 is 1.48. The first kappa shape index (κ1) is 28.1. The molecule has 0 bridgehead atoms. The Hall–Kier alpha value is -4.43. The number of para-hydroxylation sites is 2. The van der Waals surface area contributed by atoms with Gasteiger partial charge < -0.3 is 25.2 Å². The van der Waals surface area contributed by atoms with Crippen molar-refractivity contribution in [2.45, 2.75) is 11.4 Å². The van der Waals surface area contributed by atoms with Crippen molar-refractivity contribution in [1.29, 1.82) is 0 Å². The highest BCUT2D eigenvalue weighted by molar-refractivity contribution is 8.00. The molecule has 210 valence electrons. The maximum atomic E-state index is 13.5. The highest BCUT2D eigenvalue weighted by atomic mass is 32.2. The molecule has 7 nitrogen and oxygen atoms in total. The van der Waals surface area contributed by atoms with Crippen LogP contribution in [0.3, 0.4) is 0 Å². The fraction of sp³-hybridized carbons (Fsp3) is 0.212. The van der Waals surface area contributed by atoms with Crippen molar-refractivity contribution in [3.63, 3.8) is 0 Å². The Kier molecular flexibility index (Phi) is 9.44. The molecule has 5 rings (SSSR count). The molecule has 1 aliphatic heterocycles. The van der Waals surface area contributed by atoms with E-state index >= 15 is 0 Å². The summed E-state index contributed by atoms with van der Waals surface area (Å²) < 4.78 is 5.57. The van der Waals surface area contributed by atoms with Gasteiger partial charge >= 0.3 is 0 Å². The van der Waals surface area contributed by atoms with Crippen molar-refractivity contribution in [3.05, 3.63) is 114 Å². The Labute approximate surface area is 245 Å². The van der Waals surface area contributed by atoms with E-state index < -0.39 is 0 Å². The fourth-order valence-corrected chi connectivity index (χ4v) is 5.61. The zero-order valence-electron chi connectivity index (χ0n) is 23.1. The van der Waals surface area contributed by atoms with Gasteiger partial charge in [-0.2, -0.15) is 0 Å². The van der Waals surface area contributed by atoms with Gasteiger partial charge in [0, 0.05) is 49.0 Å². The number of ether oxygens (including phenoxy) is 1. The summed E-state index contributed by atoms with van der Waals surface area (Å²) in [6.07, 6.45) is 0. The summed E-state index contributed by atoms with van der Waals surface area (Å²) in [7, 11) is 1.69. The van der Waals surface area contributed by atoms with Gasteiger partial charge in [0.1, 0.15) is 5.75 Å². The number of thioether (sulfide) groups is 1. The van der Waals surface area contributed by atoms with E-state index in [4.69, 9.17) is 4.74 Å². The monoisotopic (exact) mass is 566 g/mol. The molecule has 0 saturated carbocycles. The second-order valence-electron chi connectivity index (χ2n) is 9.70. The van der Waals surface area contributed by atoms with E-state index in [0.717, 1.165) is 53.8 Å². The molecule has 0 aliphatic carbocycles. The molecule has 0 atom stereocenters. The van der Waals surface area contributed by atoms with E-state index in [2.05, 4.69) is 26.5 Å². The number of hydrogen-bond acceptors (Lipinski definition) is 6. The molecule has 8 heteroatoms. The lowest BCUT2D eigenvalue weighted by Crippen LogP contribution is -2.47. The summed E-state index contributed by atoms with van der Waals surface area (Å²) in [4.78, 5) is 31.8. The van der Waals surface area contributed by atoms with Crippen LogP contribution in [0.1, 0.15) is 15.9 Å². The normalized spacial score (nSPS) is 13.0. The third kappa shape index (κ3) is 7.41. The summed E-state index contributed by atoms with van der Waals surface area (Å²) in [5.74, 6) is 0.845. The van der Waals surface area contributed by atoms with Gasteiger partial charge in [0.25, 0.3) is 5.91 Å². The third-order valence-corrected chi connectivity index (χ3v) is 7.99. The van der Waals surface area contributed by atoms with Crippen LogP contribution in [0.2, 0.25) is 0 Å². The van der Waals surface area contributed by atoms with Crippen LogP contribution in [0.25, 0.3) is 0 Å². The number of nitrogens with one attached hydrogen (secondary N) is 2. The Morgan fingerprint density at radius 2 is 1.41 bits per heavy atom.